The Hall–Kier alpha value is -4.08. The monoisotopic (exact) mass is 431 g/mol. The number of hydrazine groups is 1. The smallest absolute Gasteiger partial charge is 0.280 e. The predicted octanol–water partition coefficient (Wildman–Crippen LogP) is 4.29. The lowest BCUT2D eigenvalue weighted by atomic mass is 10.1. The van der Waals surface area contributed by atoms with Gasteiger partial charge in [0.15, 0.2) is 0 Å². The normalized spacial score (nSPS) is 10.6. The van der Waals surface area contributed by atoms with Gasteiger partial charge in [0.25, 0.3) is 11.8 Å². The summed E-state index contributed by atoms with van der Waals surface area (Å²) >= 11 is 5.84. The molecule has 3 aromatic rings. The summed E-state index contributed by atoms with van der Waals surface area (Å²) in [7, 11) is 0. The van der Waals surface area contributed by atoms with E-state index in [1.807, 2.05) is 12.1 Å². The molecule has 0 heterocycles. The lowest BCUT2D eigenvalue weighted by Crippen LogP contribution is -2.42. The first kappa shape index (κ1) is 21.6. The van der Waals surface area contributed by atoms with Gasteiger partial charge in [0.05, 0.1) is 0 Å². The van der Waals surface area contributed by atoms with Gasteiger partial charge < -0.3 is 4.74 Å². The van der Waals surface area contributed by atoms with Gasteiger partial charge in [-0.1, -0.05) is 54.1 Å². The number of hydrogen-bond donors (Lipinski definition) is 2. The maximum atomic E-state index is 12.3. The molecule has 3 rings (SSSR count). The standard InChI is InChI=1S/C24H18ClN3O3/c25-21-10-12-22(13-11-21)31-16-18-6-8-19(9-7-18)23(29)27-28-24(30)20(15-26)14-17-4-2-1-3-5-17/h1-14H,16H2,(H,27,29)(H,28,30)/b20-14-. The second-order valence-electron chi connectivity index (χ2n) is 6.43. The summed E-state index contributed by atoms with van der Waals surface area (Å²) < 4.78 is 5.66. The van der Waals surface area contributed by atoms with Crippen LogP contribution in [-0.4, -0.2) is 11.8 Å². The summed E-state index contributed by atoms with van der Waals surface area (Å²) in [4.78, 5) is 24.4. The number of carbonyl (C=O) groups is 2. The van der Waals surface area contributed by atoms with Crippen molar-refractivity contribution in [1.29, 1.82) is 5.26 Å². The third kappa shape index (κ3) is 6.46. The van der Waals surface area contributed by atoms with Gasteiger partial charge in [0.1, 0.15) is 24.0 Å². The fourth-order valence-corrected chi connectivity index (χ4v) is 2.69. The molecule has 0 bridgehead atoms. The lowest BCUT2D eigenvalue weighted by molar-refractivity contribution is -0.117. The van der Waals surface area contributed by atoms with Crippen molar-refractivity contribution in [2.75, 3.05) is 0 Å². The number of rotatable bonds is 6. The first-order valence-corrected chi connectivity index (χ1v) is 9.68. The Morgan fingerprint density at radius 3 is 2.26 bits per heavy atom. The Morgan fingerprint density at radius 1 is 0.935 bits per heavy atom. The molecule has 3 aromatic carbocycles. The van der Waals surface area contributed by atoms with Crippen molar-refractivity contribution in [3.8, 4) is 11.8 Å². The van der Waals surface area contributed by atoms with Gasteiger partial charge in [-0.25, -0.2) is 0 Å². The van der Waals surface area contributed by atoms with Gasteiger partial charge in [0.2, 0.25) is 0 Å². The highest BCUT2D eigenvalue weighted by molar-refractivity contribution is 6.30. The Bertz CT molecular complexity index is 1120. The molecule has 0 aliphatic rings. The maximum absolute atomic E-state index is 12.3. The van der Waals surface area contributed by atoms with Crippen LogP contribution in [0.5, 0.6) is 5.75 Å². The molecule has 0 unspecified atom stereocenters. The molecule has 2 N–H and O–H groups in total. The Balaban J connectivity index is 1.53. The van der Waals surface area contributed by atoms with Crippen molar-refractivity contribution in [2.24, 2.45) is 0 Å². The summed E-state index contributed by atoms with van der Waals surface area (Å²) in [6.45, 7) is 0.329. The van der Waals surface area contributed by atoms with E-state index in [0.717, 1.165) is 5.56 Å². The Morgan fingerprint density at radius 2 is 1.61 bits per heavy atom. The number of nitrogens with zero attached hydrogens (tertiary/aromatic N) is 1. The minimum Gasteiger partial charge on any atom is -0.489 e. The molecule has 0 aliphatic carbocycles. The topological polar surface area (TPSA) is 91.2 Å². The van der Waals surface area contributed by atoms with E-state index in [2.05, 4.69) is 10.9 Å². The average molecular weight is 432 g/mol. The highest BCUT2D eigenvalue weighted by Crippen LogP contribution is 2.17. The van der Waals surface area contributed by atoms with Crippen LogP contribution in [-0.2, 0) is 11.4 Å². The van der Waals surface area contributed by atoms with Crippen LogP contribution in [0.1, 0.15) is 21.5 Å². The fraction of sp³-hybridized carbons (Fsp3) is 0.0417. The second-order valence-corrected chi connectivity index (χ2v) is 6.86. The molecule has 6 nitrogen and oxygen atoms in total. The zero-order valence-electron chi connectivity index (χ0n) is 16.3. The largest absolute Gasteiger partial charge is 0.489 e. The molecule has 0 aliphatic heterocycles. The first-order chi connectivity index (χ1) is 15.0. The van der Waals surface area contributed by atoms with Crippen LogP contribution in [0.25, 0.3) is 6.08 Å². The van der Waals surface area contributed by atoms with Crippen molar-refractivity contribution in [3.63, 3.8) is 0 Å². The zero-order chi connectivity index (χ0) is 22.1. The summed E-state index contributed by atoms with van der Waals surface area (Å²) in [6.07, 6.45) is 1.44. The predicted molar refractivity (Wildman–Crippen MR) is 118 cm³/mol. The number of carbonyl (C=O) groups excluding carboxylic acids is 2. The van der Waals surface area contributed by atoms with E-state index >= 15 is 0 Å². The van der Waals surface area contributed by atoms with Gasteiger partial charge in [-0.2, -0.15) is 5.26 Å². The summed E-state index contributed by atoms with van der Waals surface area (Å²) in [5.41, 5.74) is 6.36. The first-order valence-electron chi connectivity index (χ1n) is 9.30. The molecule has 154 valence electrons. The minimum absolute atomic E-state index is 0.124. The summed E-state index contributed by atoms with van der Waals surface area (Å²) in [6, 6.07) is 24.6. The Kier molecular flexibility index (Phi) is 7.41. The van der Waals surface area contributed by atoms with Crippen LogP contribution in [0.15, 0.2) is 84.4 Å². The highest BCUT2D eigenvalue weighted by atomic mass is 35.5. The summed E-state index contributed by atoms with van der Waals surface area (Å²) in [5, 5.41) is 9.84. The van der Waals surface area contributed by atoms with Crippen LogP contribution >= 0.6 is 11.6 Å². The van der Waals surface area contributed by atoms with Gasteiger partial charge in [-0.3, -0.25) is 20.4 Å². The van der Waals surface area contributed by atoms with Crippen LogP contribution in [0, 0.1) is 11.3 Å². The molecule has 31 heavy (non-hydrogen) atoms. The molecule has 0 aromatic heterocycles. The minimum atomic E-state index is -0.701. The second kappa shape index (κ2) is 10.6. The Labute approximate surface area is 184 Å². The maximum Gasteiger partial charge on any atom is 0.280 e. The number of hydrogen-bond acceptors (Lipinski definition) is 4. The van der Waals surface area contributed by atoms with E-state index in [1.54, 1.807) is 72.8 Å². The number of nitriles is 1. The van der Waals surface area contributed by atoms with Gasteiger partial charge in [0, 0.05) is 10.6 Å². The molecule has 0 saturated heterocycles. The number of halogens is 1. The molecule has 2 amide bonds. The van der Waals surface area contributed by atoms with Crippen molar-refractivity contribution in [1.82, 2.24) is 10.9 Å². The van der Waals surface area contributed by atoms with Crippen molar-refractivity contribution < 1.29 is 14.3 Å². The third-order valence-corrected chi connectivity index (χ3v) is 4.45. The van der Waals surface area contributed by atoms with Crippen LogP contribution in [0.4, 0.5) is 0 Å². The molecular weight excluding hydrogens is 414 g/mol. The van der Waals surface area contributed by atoms with Crippen molar-refractivity contribution in [2.45, 2.75) is 6.61 Å². The number of benzene rings is 3. The van der Waals surface area contributed by atoms with Crippen LogP contribution in [0.3, 0.4) is 0 Å². The van der Waals surface area contributed by atoms with E-state index in [9.17, 15) is 14.9 Å². The SMILES string of the molecule is N#C/C(=C/c1ccccc1)C(=O)NNC(=O)c1ccc(COc2ccc(Cl)cc2)cc1. The molecule has 0 atom stereocenters. The van der Waals surface area contributed by atoms with E-state index < -0.39 is 11.8 Å². The van der Waals surface area contributed by atoms with Gasteiger partial charge in [-0.05, 0) is 53.6 Å². The van der Waals surface area contributed by atoms with E-state index in [1.165, 1.54) is 6.08 Å². The molecule has 0 radical (unpaired) electrons. The lowest BCUT2D eigenvalue weighted by Gasteiger charge is -2.09. The molecule has 7 heteroatoms. The van der Waals surface area contributed by atoms with E-state index in [0.29, 0.717) is 28.5 Å². The number of amides is 2. The van der Waals surface area contributed by atoms with Crippen LogP contribution in [0.2, 0.25) is 5.02 Å². The number of nitrogens with one attached hydrogen (secondary N) is 2. The molecule has 0 fully saturated rings. The van der Waals surface area contributed by atoms with E-state index in [4.69, 9.17) is 16.3 Å². The average Bonchev–Trinajstić information content (AvgIpc) is 2.81. The third-order valence-electron chi connectivity index (χ3n) is 4.20. The number of ether oxygens (including phenoxy) is 1. The summed E-state index contributed by atoms with van der Waals surface area (Å²) in [5.74, 6) is -0.519. The molecule has 0 saturated carbocycles. The van der Waals surface area contributed by atoms with Crippen LogP contribution < -0.4 is 15.6 Å². The van der Waals surface area contributed by atoms with Crippen molar-refractivity contribution >= 4 is 29.5 Å². The zero-order valence-corrected chi connectivity index (χ0v) is 17.1. The van der Waals surface area contributed by atoms with Crippen molar-refractivity contribution in [3.05, 3.63) is 106 Å². The van der Waals surface area contributed by atoms with E-state index in [-0.39, 0.29) is 5.57 Å². The molecular formula is C24H18ClN3O3. The fourth-order valence-electron chi connectivity index (χ4n) is 2.57. The quantitative estimate of drug-likeness (QED) is 0.346. The van der Waals surface area contributed by atoms with Gasteiger partial charge in [-0.15, -0.1) is 0 Å². The molecule has 0 spiro atoms. The van der Waals surface area contributed by atoms with Gasteiger partial charge >= 0.3 is 0 Å². The highest BCUT2D eigenvalue weighted by Gasteiger charge is 2.11.